The zero-order valence-electron chi connectivity index (χ0n) is 20.5. The quantitative estimate of drug-likeness (QED) is 0.284. The minimum atomic E-state index is -1.03. The highest BCUT2D eigenvalue weighted by molar-refractivity contribution is 6.31. The summed E-state index contributed by atoms with van der Waals surface area (Å²) < 4.78 is 19.4. The molecule has 3 aromatic rings. The summed E-state index contributed by atoms with van der Waals surface area (Å²) in [4.78, 5) is 12.5. The highest BCUT2D eigenvalue weighted by Crippen LogP contribution is 2.55. The fourth-order valence-electron chi connectivity index (χ4n) is 6.41. The molecule has 1 saturated carbocycles. The molecule has 0 radical (unpaired) electrons. The SMILES string of the molecule is O=C(O)C1(Nc2cccc(Cl)c2)CCC2(CC1)c1ccccc1CC2CCCOc1cc(F)cc(Cl)c1. The molecular formula is C30H30Cl2FNO3. The molecule has 0 bridgehead atoms. The van der Waals surface area contributed by atoms with Crippen LogP contribution in [0.15, 0.2) is 66.7 Å². The Hall–Kier alpha value is -2.76. The van der Waals surface area contributed by atoms with E-state index in [2.05, 4.69) is 29.6 Å². The Kier molecular flexibility index (Phi) is 7.37. The van der Waals surface area contributed by atoms with Gasteiger partial charge in [0.25, 0.3) is 0 Å². The molecule has 37 heavy (non-hydrogen) atoms. The van der Waals surface area contributed by atoms with Crippen molar-refractivity contribution < 1.29 is 19.0 Å². The standard InChI is InChI=1S/C30H30Cl2FNO3/c31-22-7-3-8-25(17-22)34-30(28(35)36)12-10-29(11-13-30)21(15-20-5-1-2-9-27(20)29)6-4-14-37-26-18-23(32)16-24(33)19-26/h1-3,5,7-9,16-19,21,34H,4,6,10-15H2,(H,35,36). The Morgan fingerprint density at radius 3 is 2.51 bits per heavy atom. The van der Waals surface area contributed by atoms with E-state index in [1.807, 2.05) is 12.1 Å². The first kappa shape index (κ1) is 25.9. The van der Waals surface area contributed by atoms with E-state index in [0.717, 1.165) is 37.8 Å². The Bertz CT molecular complexity index is 1270. The van der Waals surface area contributed by atoms with Gasteiger partial charge in [-0.2, -0.15) is 0 Å². The smallest absolute Gasteiger partial charge is 0.329 e. The van der Waals surface area contributed by atoms with Crippen molar-refractivity contribution in [2.24, 2.45) is 5.92 Å². The topological polar surface area (TPSA) is 58.6 Å². The van der Waals surface area contributed by atoms with E-state index in [1.54, 1.807) is 18.2 Å². The van der Waals surface area contributed by atoms with E-state index in [1.165, 1.54) is 23.3 Å². The summed E-state index contributed by atoms with van der Waals surface area (Å²) in [5, 5.41) is 14.5. The van der Waals surface area contributed by atoms with Gasteiger partial charge in [-0.1, -0.05) is 53.5 Å². The molecule has 5 rings (SSSR count). The molecule has 1 fully saturated rings. The van der Waals surface area contributed by atoms with Gasteiger partial charge in [0, 0.05) is 21.8 Å². The summed E-state index contributed by atoms with van der Waals surface area (Å²) in [5.41, 5.74) is 2.35. The van der Waals surface area contributed by atoms with Gasteiger partial charge < -0.3 is 15.2 Å². The van der Waals surface area contributed by atoms with E-state index in [-0.39, 0.29) is 5.41 Å². The number of rotatable bonds is 8. The molecule has 0 aromatic heterocycles. The number of halogens is 3. The van der Waals surface area contributed by atoms with Crippen molar-refractivity contribution in [3.63, 3.8) is 0 Å². The first-order chi connectivity index (χ1) is 17.8. The van der Waals surface area contributed by atoms with Crippen LogP contribution < -0.4 is 10.1 Å². The number of carbonyl (C=O) groups is 1. The van der Waals surface area contributed by atoms with Crippen LogP contribution in [-0.4, -0.2) is 23.2 Å². The lowest BCUT2D eigenvalue weighted by molar-refractivity contribution is -0.144. The summed E-state index contributed by atoms with van der Waals surface area (Å²) in [5.74, 6) is -0.413. The van der Waals surface area contributed by atoms with Crippen LogP contribution in [0.2, 0.25) is 10.0 Å². The third-order valence-corrected chi connectivity index (χ3v) is 8.67. The van der Waals surface area contributed by atoms with Crippen LogP contribution in [0.3, 0.4) is 0 Å². The van der Waals surface area contributed by atoms with Gasteiger partial charge in [0.1, 0.15) is 17.1 Å². The predicted molar refractivity (Wildman–Crippen MR) is 145 cm³/mol. The molecule has 0 aliphatic heterocycles. The normalized spacial score (nSPS) is 24.6. The summed E-state index contributed by atoms with van der Waals surface area (Å²) in [7, 11) is 0. The van der Waals surface area contributed by atoms with E-state index in [4.69, 9.17) is 27.9 Å². The van der Waals surface area contributed by atoms with Crippen LogP contribution >= 0.6 is 23.2 Å². The van der Waals surface area contributed by atoms with Gasteiger partial charge in [0.15, 0.2) is 0 Å². The lowest BCUT2D eigenvalue weighted by Crippen LogP contribution is -2.53. The Morgan fingerprint density at radius 2 is 1.78 bits per heavy atom. The van der Waals surface area contributed by atoms with Crippen molar-refractivity contribution in [3.8, 4) is 5.75 Å². The lowest BCUT2D eigenvalue weighted by Gasteiger charge is -2.47. The highest BCUT2D eigenvalue weighted by Gasteiger charge is 2.53. The molecule has 3 aromatic carbocycles. The summed E-state index contributed by atoms with van der Waals surface area (Å²) in [6, 6.07) is 20.1. The van der Waals surface area contributed by atoms with E-state index in [0.29, 0.717) is 41.2 Å². The van der Waals surface area contributed by atoms with Crippen molar-refractivity contribution in [2.75, 3.05) is 11.9 Å². The molecule has 2 N–H and O–H groups in total. The number of carboxylic acids is 1. The van der Waals surface area contributed by atoms with Crippen LogP contribution in [0, 0.1) is 11.7 Å². The first-order valence-corrected chi connectivity index (χ1v) is 13.5. The van der Waals surface area contributed by atoms with Crippen LogP contribution in [0.5, 0.6) is 5.75 Å². The van der Waals surface area contributed by atoms with Crippen LogP contribution in [0.4, 0.5) is 10.1 Å². The molecule has 2 aliphatic carbocycles. The largest absolute Gasteiger partial charge is 0.493 e. The number of fused-ring (bicyclic) bond motifs is 2. The number of aliphatic carboxylic acids is 1. The maximum atomic E-state index is 13.6. The monoisotopic (exact) mass is 541 g/mol. The molecule has 1 atom stereocenters. The molecule has 2 aliphatic rings. The van der Waals surface area contributed by atoms with Gasteiger partial charge >= 0.3 is 5.97 Å². The molecule has 0 heterocycles. The number of carboxylic acid groups (broad SMARTS) is 1. The van der Waals surface area contributed by atoms with E-state index >= 15 is 0 Å². The van der Waals surface area contributed by atoms with Crippen LogP contribution in [-0.2, 0) is 16.6 Å². The maximum absolute atomic E-state index is 13.6. The van der Waals surface area contributed by atoms with Gasteiger partial charge in [0.2, 0.25) is 0 Å². The predicted octanol–water partition coefficient (Wildman–Crippen LogP) is 7.91. The third kappa shape index (κ3) is 5.30. The van der Waals surface area contributed by atoms with Crippen LogP contribution in [0.25, 0.3) is 0 Å². The molecule has 1 spiro atoms. The summed E-state index contributed by atoms with van der Waals surface area (Å²) in [6.07, 6.45) is 5.36. The van der Waals surface area contributed by atoms with Crippen molar-refractivity contribution in [1.29, 1.82) is 0 Å². The Morgan fingerprint density at radius 1 is 1.00 bits per heavy atom. The van der Waals surface area contributed by atoms with Crippen LogP contribution in [0.1, 0.15) is 49.7 Å². The average molecular weight is 542 g/mol. The second-order valence-electron chi connectivity index (χ2n) is 10.3. The molecule has 1 unspecified atom stereocenters. The summed E-state index contributed by atoms with van der Waals surface area (Å²) in [6.45, 7) is 0.470. The van der Waals surface area contributed by atoms with Gasteiger partial charge in [-0.15, -0.1) is 0 Å². The number of nitrogens with one attached hydrogen (secondary N) is 1. The van der Waals surface area contributed by atoms with Crippen molar-refractivity contribution >= 4 is 34.9 Å². The zero-order valence-corrected chi connectivity index (χ0v) is 22.0. The Labute approximate surface area is 226 Å². The Balaban J connectivity index is 1.31. The molecule has 194 valence electrons. The molecule has 4 nitrogen and oxygen atoms in total. The van der Waals surface area contributed by atoms with E-state index < -0.39 is 17.3 Å². The second-order valence-corrected chi connectivity index (χ2v) is 11.2. The fourth-order valence-corrected chi connectivity index (χ4v) is 6.81. The number of hydrogen-bond donors (Lipinski definition) is 2. The highest BCUT2D eigenvalue weighted by atomic mass is 35.5. The molecule has 0 saturated heterocycles. The summed E-state index contributed by atoms with van der Waals surface area (Å²) >= 11 is 12.1. The number of ether oxygens (including phenoxy) is 1. The fraction of sp³-hybridized carbons (Fsp3) is 0.367. The van der Waals surface area contributed by atoms with Gasteiger partial charge in [0.05, 0.1) is 6.61 Å². The maximum Gasteiger partial charge on any atom is 0.329 e. The zero-order chi connectivity index (χ0) is 26.0. The van der Waals surface area contributed by atoms with Crippen molar-refractivity contribution in [1.82, 2.24) is 0 Å². The first-order valence-electron chi connectivity index (χ1n) is 12.7. The lowest BCUT2D eigenvalue weighted by atomic mass is 9.60. The molecular weight excluding hydrogens is 512 g/mol. The molecule has 7 heteroatoms. The van der Waals surface area contributed by atoms with Crippen molar-refractivity contribution in [2.45, 2.75) is 55.9 Å². The van der Waals surface area contributed by atoms with Gasteiger partial charge in [-0.25, -0.2) is 9.18 Å². The average Bonchev–Trinajstić information content (AvgIpc) is 3.16. The molecule has 0 amide bonds. The number of benzene rings is 3. The number of hydrogen-bond acceptors (Lipinski definition) is 3. The van der Waals surface area contributed by atoms with Gasteiger partial charge in [-0.3, -0.25) is 0 Å². The minimum Gasteiger partial charge on any atom is -0.493 e. The second kappa shape index (κ2) is 10.5. The number of anilines is 1. The van der Waals surface area contributed by atoms with Gasteiger partial charge in [-0.05, 0) is 97.7 Å². The van der Waals surface area contributed by atoms with Crippen molar-refractivity contribution in [3.05, 3.63) is 93.7 Å². The minimum absolute atomic E-state index is 0.0618. The third-order valence-electron chi connectivity index (χ3n) is 8.22. The van der Waals surface area contributed by atoms with E-state index in [9.17, 15) is 14.3 Å².